The molecule has 144 valence electrons. The van der Waals surface area contributed by atoms with Crippen LogP contribution in [-0.2, 0) is 11.3 Å². The quantitative estimate of drug-likeness (QED) is 0.851. The Morgan fingerprint density at radius 1 is 1.30 bits per heavy atom. The molecule has 6 heteroatoms. The summed E-state index contributed by atoms with van der Waals surface area (Å²) in [6.07, 6.45) is 1.64. The minimum Gasteiger partial charge on any atom is -0.497 e. The van der Waals surface area contributed by atoms with Crippen LogP contribution in [0.15, 0.2) is 30.3 Å². The van der Waals surface area contributed by atoms with E-state index in [2.05, 4.69) is 10.3 Å². The van der Waals surface area contributed by atoms with E-state index in [-0.39, 0.29) is 17.7 Å². The third-order valence-corrected chi connectivity index (χ3v) is 5.04. The van der Waals surface area contributed by atoms with Crippen molar-refractivity contribution in [2.45, 2.75) is 33.2 Å². The first kappa shape index (κ1) is 19.0. The zero-order chi connectivity index (χ0) is 19.4. The largest absolute Gasteiger partial charge is 0.497 e. The number of carbonyl (C=O) groups is 2. The van der Waals surface area contributed by atoms with Crippen molar-refractivity contribution in [3.8, 4) is 5.75 Å². The van der Waals surface area contributed by atoms with Crippen molar-refractivity contribution in [1.82, 2.24) is 15.2 Å². The molecular weight excluding hydrogens is 342 g/mol. The molecule has 1 saturated heterocycles. The number of hydrogen-bond donors (Lipinski definition) is 2. The van der Waals surface area contributed by atoms with Gasteiger partial charge in [-0.25, -0.2) is 0 Å². The number of H-pyrrole nitrogens is 1. The lowest BCUT2D eigenvalue weighted by atomic mass is 9.96. The first-order valence-corrected chi connectivity index (χ1v) is 9.34. The zero-order valence-electron chi connectivity index (χ0n) is 16.2. The molecule has 1 aliphatic rings. The summed E-state index contributed by atoms with van der Waals surface area (Å²) in [6.45, 7) is 5.47. The van der Waals surface area contributed by atoms with Crippen molar-refractivity contribution in [3.05, 3.63) is 52.8 Å². The molecule has 0 unspecified atom stereocenters. The number of ether oxygens (including phenoxy) is 1. The highest BCUT2D eigenvalue weighted by Crippen LogP contribution is 2.21. The number of piperidine rings is 1. The van der Waals surface area contributed by atoms with E-state index in [1.807, 2.05) is 44.2 Å². The number of likely N-dealkylation sites (tertiary alicyclic amines) is 1. The number of aromatic nitrogens is 1. The highest BCUT2D eigenvalue weighted by Gasteiger charge is 2.29. The van der Waals surface area contributed by atoms with Crippen molar-refractivity contribution in [2.24, 2.45) is 5.92 Å². The van der Waals surface area contributed by atoms with Gasteiger partial charge in [-0.3, -0.25) is 9.59 Å². The van der Waals surface area contributed by atoms with Crippen molar-refractivity contribution >= 4 is 11.8 Å². The Bertz CT molecular complexity index is 828. The first-order valence-electron chi connectivity index (χ1n) is 9.34. The maximum Gasteiger partial charge on any atom is 0.270 e. The molecule has 1 atom stereocenters. The van der Waals surface area contributed by atoms with Crippen LogP contribution in [-0.4, -0.2) is 41.9 Å². The summed E-state index contributed by atoms with van der Waals surface area (Å²) in [4.78, 5) is 30.3. The third kappa shape index (κ3) is 4.51. The predicted octanol–water partition coefficient (Wildman–Crippen LogP) is 2.81. The van der Waals surface area contributed by atoms with E-state index < -0.39 is 0 Å². The Morgan fingerprint density at radius 2 is 2.11 bits per heavy atom. The second-order valence-corrected chi connectivity index (χ2v) is 7.17. The molecule has 1 aliphatic heterocycles. The van der Waals surface area contributed by atoms with Crippen molar-refractivity contribution < 1.29 is 14.3 Å². The van der Waals surface area contributed by atoms with Gasteiger partial charge in [-0.1, -0.05) is 12.1 Å². The molecule has 3 rings (SSSR count). The molecule has 2 aromatic rings. The second kappa shape index (κ2) is 8.29. The molecule has 0 spiro atoms. The summed E-state index contributed by atoms with van der Waals surface area (Å²) >= 11 is 0. The van der Waals surface area contributed by atoms with E-state index in [0.717, 1.165) is 35.4 Å². The summed E-state index contributed by atoms with van der Waals surface area (Å²) in [5.41, 5.74) is 3.54. The third-order valence-electron chi connectivity index (χ3n) is 5.04. The molecule has 0 radical (unpaired) electrons. The fraction of sp³-hybridized carbons (Fsp3) is 0.429. The molecule has 27 heavy (non-hydrogen) atoms. The van der Waals surface area contributed by atoms with Crippen molar-refractivity contribution in [3.63, 3.8) is 0 Å². The lowest BCUT2D eigenvalue weighted by Gasteiger charge is -2.32. The van der Waals surface area contributed by atoms with E-state index in [9.17, 15) is 9.59 Å². The number of carbonyl (C=O) groups excluding carboxylic acids is 2. The lowest BCUT2D eigenvalue weighted by molar-refractivity contribution is -0.126. The minimum atomic E-state index is -0.176. The van der Waals surface area contributed by atoms with Crippen molar-refractivity contribution in [1.29, 1.82) is 0 Å². The molecule has 1 aromatic carbocycles. The molecule has 1 aromatic heterocycles. The molecule has 2 heterocycles. The van der Waals surface area contributed by atoms with Gasteiger partial charge in [0, 0.05) is 25.3 Å². The molecule has 0 saturated carbocycles. The monoisotopic (exact) mass is 369 g/mol. The van der Waals surface area contributed by atoms with Crippen LogP contribution in [0, 0.1) is 19.8 Å². The van der Waals surface area contributed by atoms with E-state index in [1.54, 1.807) is 12.0 Å². The molecule has 0 aliphatic carbocycles. The smallest absolute Gasteiger partial charge is 0.270 e. The topological polar surface area (TPSA) is 74.4 Å². The van der Waals surface area contributed by atoms with Gasteiger partial charge in [-0.05, 0) is 56.0 Å². The number of hydrogen-bond acceptors (Lipinski definition) is 3. The molecule has 2 N–H and O–H groups in total. The Morgan fingerprint density at radius 3 is 2.81 bits per heavy atom. The van der Waals surface area contributed by atoms with Crippen LogP contribution in [0.2, 0.25) is 0 Å². The highest BCUT2D eigenvalue weighted by molar-refractivity contribution is 5.94. The van der Waals surface area contributed by atoms with Crippen LogP contribution in [0.3, 0.4) is 0 Å². The van der Waals surface area contributed by atoms with Gasteiger partial charge in [0.1, 0.15) is 11.4 Å². The number of benzene rings is 1. The van der Waals surface area contributed by atoms with Gasteiger partial charge in [-0.15, -0.1) is 0 Å². The fourth-order valence-electron chi connectivity index (χ4n) is 3.60. The molecule has 2 amide bonds. The number of methoxy groups -OCH3 is 1. The average molecular weight is 369 g/mol. The second-order valence-electron chi connectivity index (χ2n) is 7.17. The molecule has 0 bridgehead atoms. The number of aryl methyl sites for hydroxylation is 2. The number of amides is 2. The van der Waals surface area contributed by atoms with Gasteiger partial charge in [0.2, 0.25) is 5.91 Å². The SMILES string of the molecule is COc1cccc(CNC(=O)[C@@H]2CCCN(C(=O)c3[nH]c(C)cc3C)C2)c1. The molecular formula is C21H27N3O3. The fourth-order valence-corrected chi connectivity index (χ4v) is 3.60. The molecule has 1 fully saturated rings. The number of rotatable bonds is 5. The Hall–Kier alpha value is -2.76. The first-order chi connectivity index (χ1) is 13.0. The Balaban J connectivity index is 1.59. The van der Waals surface area contributed by atoms with Gasteiger partial charge in [-0.2, -0.15) is 0 Å². The van der Waals surface area contributed by atoms with Crippen LogP contribution in [0.1, 0.15) is 40.2 Å². The van der Waals surface area contributed by atoms with Crippen molar-refractivity contribution in [2.75, 3.05) is 20.2 Å². The van der Waals surface area contributed by atoms with Gasteiger partial charge in [0.15, 0.2) is 0 Å². The Kier molecular flexibility index (Phi) is 5.84. The van der Waals surface area contributed by atoms with E-state index in [1.165, 1.54) is 0 Å². The summed E-state index contributed by atoms with van der Waals surface area (Å²) in [5.74, 6) is 0.568. The van der Waals surface area contributed by atoms with Crippen LogP contribution in [0.4, 0.5) is 0 Å². The summed E-state index contributed by atoms with van der Waals surface area (Å²) in [5, 5.41) is 2.99. The van der Waals surface area contributed by atoms with Gasteiger partial charge in [0.25, 0.3) is 5.91 Å². The van der Waals surface area contributed by atoms with Crippen LogP contribution in [0.5, 0.6) is 5.75 Å². The lowest BCUT2D eigenvalue weighted by Crippen LogP contribution is -2.45. The molecule has 6 nitrogen and oxygen atoms in total. The van der Waals surface area contributed by atoms with Gasteiger partial charge >= 0.3 is 0 Å². The van der Waals surface area contributed by atoms with Crippen LogP contribution >= 0.6 is 0 Å². The summed E-state index contributed by atoms with van der Waals surface area (Å²) in [6, 6.07) is 9.61. The van der Waals surface area contributed by atoms with Crippen LogP contribution < -0.4 is 10.1 Å². The maximum absolute atomic E-state index is 12.8. The number of nitrogens with zero attached hydrogens (tertiary/aromatic N) is 1. The predicted molar refractivity (Wildman–Crippen MR) is 104 cm³/mol. The van der Waals surface area contributed by atoms with Crippen LogP contribution in [0.25, 0.3) is 0 Å². The zero-order valence-corrected chi connectivity index (χ0v) is 16.2. The summed E-state index contributed by atoms with van der Waals surface area (Å²) < 4.78 is 5.21. The normalized spacial score (nSPS) is 16.9. The van der Waals surface area contributed by atoms with Gasteiger partial charge in [0.05, 0.1) is 13.0 Å². The van der Waals surface area contributed by atoms with E-state index >= 15 is 0 Å². The van der Waals surface area contributed by atoms with Gasteiger partial charge < -0.3 is 19.9 Å². The Labute approximate surface area is 159 Å². The summed E-state index contributed by atoms with van der Waals surface area (Å²) in [7, 11) is 1.62. The minimum absolute atomic E-state index is 0.00490. The maximum atomic E-state index is 12.8. The highest BCUT2D eigenvalue weighted by atomic mass is 16.5. The number of nitrogens with one attached hydrogen (secondary N) is 2. The average Bonchev–Trinajstić information content (AvgIpc) is 3.03. The van der Waals surface area contributed by atoms with E-state index in [4.69, 9.17) is 4.74 Å². The number of aromatic amines is 1. The van der Waals surface area contributed by atoms with E-state index in [0.29, 0.717) is 25.3 Å². The standard InChI is InChI=1S/C21H27N3O3/c1-14-10-15(2)23-19(14)21(26)24-9-5-7-17(13-24)20(25)22-12-16-6-4-8-18(11-16)27-3/h4,6,8,10-11,17,23H,5,7,9,12-13H2,1-3H3,(H,22,25)/t17-/m1/s1.